The zero-order valence-electron chi connectivity index (χ0n) is 22.4. The Morgan fingerprint density at radius 1 is 0.366 bits per heavy atom. The van der Waals surface area contributed by atoms with Crippen molar-refractivity contribution in [1.29, 1.82) is 0 Å². The lowest BCUT2D eigenvalue weighted by atomic mass is 9.88. The molecular weight excluding hydrogens is 494 g/mol. The SMILES string of the molecule is c1ccc(-c2cc3c4ccccc4c4c(c5ccccc5n4-c4cccc5ccccc45)c3c3ccccc23)cc1. The Labute approximate surface area is 237 Å². The van der Waals surface area contributed by atoms with E-state index in [1.807, 2.05) is 0 Å². The summed E-state index contributed by atoms with van der Waals surface area (Å²) in [5, 5.41) is 12.9. The number of hydrogen-bond donors (Lipinski definition) is 0. The van der Waals surface area contributed by atoms with Crippen molar-refractivity contribution in [2.45, 2.75) is 0 Å². The van der Waals surface area contributed by atoms with Crippen LogP contribution in [0.15, 0.2) is 152 Å². The minimum atomic E-state index is 1.21. The standard InChI is InChI=1S/C40H25N/c1-2-13-27(14-3-1)34-25-35-30-19-7-9-21-32(30)40-39(38(35)31-20-8-6-18-29(31)34)33-22-10-11-23-37(33)41(40)36-24-12-16-26-15-4-5-17-28(26)36/h1-25H. The highest BCUT2D eigenvalue weighted by molar-refractivity contribution is 6.38. The van der Waals surface area contributed by atoms with Gasteiger partial charge in [-0.15, -0.1) is 0 Å². The molecule has 0 aliphatic carbocycles. The fourth-order valence-electron chi connectivity index (χ4n) is 7.04. The van der Waals surface area contributed by atoms with Crippen molar-refractivity contribution in [3.63, 3.8) is 0 Å². The van der Waals surface area contributed by atoms with Crippen molar-refractivity contribution in [3.8, 4) is 16.8 Å². The van der Waals surface area contributed by atoms with Crippen LogP contribution < -0.4 is 0 Å². The molecule has 1 nitrogen and oxygen atoms in total. The smallest absolute Gasteiger partial charge is 0.0626 e. The van der Waals surface area contributed by atoms with Crippen molar-refractivity contribution < 1.29 is 0 Å². The van der Waals surface area contributed by atoms with Crippen molar-refractivity contribution >= 4 is 64.9 Å². The van der Waals surface area contributed by atoms with Crippen LogP contribution in [0.2, 0.25) is 0 Å². The first-order valence-electron chi connectivity index (χ1n) is 14.2. The number of hydrogen-bond acceptors (Lipinski definition) is 0. The summed E-state index contributed by atoms with van der Waals surface area (Å²) in [5.41, 5.74) is 6.23. The lowest BCUT2D eigenvalue weighted by Crippen LogP contribution is -1.96. The first-order valence-corrected chi connectivity index (χ1v) is 14.2. The third-order valence-electron chi connectivity index (χ3n) is 8.73. The van der Waals surface area contributed by atoms with Crippen LogP contribution in [0.25, 0.3) is 81.7 Å². The molecule has 0 N–H and O–H groups in total. The summed E-state index contributed by atoms with van der Waals surface area (Å²) in [5.74, 6) is 0. The lowest BCUT2D eigenvalue weighted by molar-refractivity contribution is 1.20. The van der Waals surface area contributed by atoms with Gasteiger partial charge in [-0.25, -0.2) is 0 Å². The summed E-state index contributed by atoms with van der Waals surface area (Å²) < 4.78 is 2.51. The van der Waals surface area contributed by atoms with Gasteiger partial charge in [0.05, 0.1) is 16.7 Å². The second-order valence-corrected chi connectivity index (χ2v) is 10.9. The molecule has 1 heterocycles. The Morgan fingerprint density at radius 3 is 1.80 bits per heavy atom. The zero-order chi connectivity index (χ0) is 26.9. The molecule has 1 aromatic heterocycles. The van der Waals surface area contributed by atoms with Crippen molar-refractivity contribution in [1.82, 2.24) is 4.57 Å². The minimum absolute atomic E-state index is 1.21. The monoisotopic (exact) mass is 519 g/mol. The average Bonchev–Trinajstić information content (AvgIpc) is 3.39. The van der Waals surface area contributed by atoms with Gasteiger partial charge >= 0.3 is 0 Å². The lowest BCUT2D eigenvalue weighted by Gasteiger charge is -2.17. The van der Waals surface area contributed by atoms with E-state index in [1.54, 1.807) is 0 Å². The van der Waals surface area contributed by atoms with Gasteiger partial charge in [-0.2, -0.15) is 0 Å². The summed E-state index contributed by atoms with van der Waals surface area (Å²) in [6, 6.07) is 55.4. The molecule has 0 fully saturated rings. The molecule has 0 bridgehead atoms. The highest BCUT2D eigenvalue weighted by Gasteiger charge is 2.22. The van der Waals surface area contributed by atoms with Gasteiger partial charge in [0.25, 0.3) is 0 Å². The number of fused-ring (bicyclic) bond motifs is 11. The van der Waals surface area contributed by atoms with Gasteiger partial charge in [0, 0.05) is 26.9 Å². The zero-order valence-corrected chi connectivity index (χ0v) is 22.4. The number of nitrogens with zero attached hydrogens (tertiary/aromatic N) is 1. The first kappa shape index (κ1) is 22.4. The Kier molecular flexibility index (Phi) is 4.67. The van der Waals surface area contributed by atoms with Gasteiger partial charge in [-0.1, -0.05) is 133 Å². The van der Waals surface area contributed by atoms with Crippen LogP contribution in [0, 0.1) is 0 Å². The van der Waals surface area contributed by atoms with Gasteiger partial charge < -0.3 is 4.57 Å². The molecule has 0 saturated heterocycles. The van der Waals surface area contributed by atoms with E-state index in [1.165, 1.54) is 81.7 Å². The summed E-state index contributed by atoms with van der Waals surface area (Å²) in [6.07, 6.45) is 0. The highest BCUT2D eigenvalue weighted by atomic mass is 15.0. The Bertz CT molecular complexity index is 2460. The van der Waals surface area contributed by atoms with Gasteiger partial charge in [-0.3, -0.25) is 0 Å². The minimum Gasteiger partial charge on any atom is -0.308 e. The predicted molar refractivity (Wildman–Crippen MR) is 176 cm³/mol. The molecule has 0 saturated carbocycles. The van der Waals surface area contributed by atoms with Gasteiger partial charge in [0.1, 0.15) is 0 Å². The molecule has 0 radical (unpaired) electrons. The van der Waals surface area contributed by atoms with E-state index < -0.39 is 0 Å². The Morgan fingerprint density at radius 2 is 0.976 bits per heavy atom. The van der Waals surface area contributed by atoms with E-state index in [4.69, 9.17) is 0 Å². The third kappa shape index (κ3) is 3.12. The molecule has 0 aliphatic rings. The van der Waals surface area contributed by atoms with Crippen molar-refractivity contribution in [2.24, 2.45) is 0 Å². The summed E-state index contributed by atoms with van der Waals surface area (Å²) >= 11 is 0. The van der Waals surface area contributed by atoms with E-state index in [2.05, 4.69) is 156 Å². The largest absolute Gasteiger partial charge is 0.308 e. The van der Waals surface area contributed by atoms with Crippen molar-refractivity contribution in [2.75, 3.05) is 0 Å². The molecule has 0 unspecified atom stereocenters. The fraction of sp³-hybridized carbons (Fsp3) is 0. The second-order valence-electron chi connectivity index (χ2n) is 10.9. The summed E-state index contributed by atoms with van der Waals surface area (Å²) in [6.45, 7) is 0. The van der Waals surface area contributed by atoms with Crippen LogP contribution in [0.5, 0.6) is 0 Å². The summed E-state index contributed by atoms with van der Waals surface area (Å²) in [7, 11) is 0. The number of rotatable bonds is 2. The van der Waals surface area contributed by atoms with E-state index in [0.29, 0.717) is 0 Å². The van der Waals surface area contributed by atoms with Gasteiger partial charge in [0.2, 0.25) is 0 Å². The topological polar surface area (TPSA) is 4.93 Å². The highest BCUT2D eigenvalue weighted by Crippen LogP contribution is 2.47. The molecule has 41 heavy (non-hydrogen) atoms. The van der Waals surface area contributed by atoms with E-state index in [-0.39, 0.29) is 0 Å². The number of para-hydroxylation sites is 1. The Hall–Kier alpha value is -5.40. The first-order chi connectivity index (χ1) is 20.4. The van der Waals surface area contributed by atoms with Crippen LogP contribution >= 0.6 is 0 Å². The predicted octanol–water partition coefficient (Wildman–Crippen LogP) is 11.1. The molecule has 9 aromatic rings. The maximum absolute atomic E-state index is 2.51. The molecule has 9 rings (SSSR count). The molecule has 1 heteroatoms. The maximum atomic E-state index is 2.51. The molecule has 0 spiro atoms. The molecule has 190 valence electrons. The summed E-state index contributed by atoms with van der Waals surface area (Å²) in [4.78, 5) is 0. The maximum Gasteiger partial charge on any atom is 0.0626 e. The van der Waals surface area contributed by atoms with Crippen molar-refractivity contribution in [3.05, 3.63) is 152 Å². The van der Waals surface area contributed by atoms with Crippen LogP contribution in [0.1, 0.15) is 0 Å². The molecule has 0 amide bonds. The Balaban J connectivity index is 1.59. The van der Waals surface area contributed by atoms with E-state index in [0.717, 1.165) is 0 Å². The molecule has 8 aromatic carbocycles. The number of aromatic nitrogens is 1. The van der Waals surface area contributed by atoms with Crippen LogP contribution in [0.3, 0.4) is 0 Å². The van der Waals surface area contributed by atoms with Gasteiger partial charge in [-0.05, 0) is 56.3 Å². The van der Waals surface area contributed by atoms with Crippen LogP contribution in [0.4, 0.5) is 0 Å². The van der Waals surface area contributed by atoms with Crippen LogP contribution in [-0.4, -0.2) is 4.57 Å². The van der Waals surface area contributed by atoms with Crippen LogP contribution in [-0.2, 0) is 0 Å². The third-order valence-corrected chi connectivity index (χ3v) is 8.73. The normalized spacial score (nSPS) is 11.9. The fourth-order valence-corrected chi connectivity index (χ4v) is 7.04. The molecular formula is C40H25N. The number of benzene rings is 8. The van der Waals surface area contributed by atoms with E-state index in [9.17, 15) is 0 Å². The quantitative estimate of drug-likeness (QED) is 0.200. The van der Waals surface area contributed by atoms with Gasteiger partial charge in [0.15, 0.2) is 0 Å². The second kappa shape index (κ2) is 8.55. The molecule has 0 aliphatic heterocycles. The van der Waals surface area contributed by atoms with E-state index >= 15 is 0 Å². The molecule has 0 atom stereocenters. The average molecular weight is 520 g/mol.